The van der Waals surface area contributed by atoms with Crippen molar-refractivity contribution in [2.24, 2.45) is 0 Å². The first-order valence-corrected chi connectivity index (χ1v) is 5.38. The topological polar surface area (TPSA) is 21.3 Å². The molecule has 0 aliphatic heterocycles. The zero-order valence-corrected chi connectivity index (χ0v) is 10.3. The van der Waals surface area contributed by atoms with E-state index in [4.69, 9.17) is 4.74 Å². The predicted octanol–water partition coefficient (Wildman–Crippen LogP) is 3.14. The van der Waals surface area contributed by atoms with Gasteiger partial charge in [-0.3, -0.25) is 0 Å². The van der Waals surface area contributed by atoms with E-state index in [0.29, 0.717) is 5.56 Å². The van der Waals surface area contributed by atoms with Gasteiger partial charge in [-0.2, -0.15) is 13.2 Å². The average Bonchev–Trinajstić information content (AvgIpc) is 2.28. The molecule has 0 aliphatic carbocycles. The van der Waals surface area contributed by atoms with Gasteiger partial charge in [0.25, 0.3) is 0 Å². The van der Waals surface area contributed by atoms with Crippen LogP contribution >= 0.6 is 0 Å². The van der Waals surface area contributed by atoms with Gasteiger partial charge in [0.2, 0.25) is 0 Å². The van der Waals surface area contributed by atoms with Crippen LogP contribution in [0.25, 0.3) is 0 Å². The lowest BCUT2D eigenvalue weighted by Gasteiger charge is -2.23. The molecule has 2 nitrogen and oxygen atoms in total. The second kappa shape index (κ2) is 5.67. The Hall–Kier alpha value is -1.14. The van der Waals surface area contributed by atoms with Crippen LogP contribution in [0, 0.1) is 5.82 Å². The standard InChI is InChI=1S/C12H15F4NO/c1-7(18-3)11(17-2)8-4-5-9(10(13)6-8)12(14,15)16/h4-7,11,17H,1-3H3. The maximum absolute atomic E-state index is 13.4. The van der Waals surface area contributed by atoms with E-state index < -0.39 is 17.6 Å². The molecule has 2 unspecified atom stereocenters. The van der Waals surface area contributed by atoms with E-state index in [1.165, 1.54) is 13.2 Å². The Labute approximate surface area is 103 Å². The minimum atomic E-state index is -4.68. The third-order valence-corrected chi connectivity index (χ3v) is 2.81. The van der Waals surface area contributed by atoms with Gasteiger partial charge in [0, 0.05) is 7.11 Å². The molecule has 0 radical (unpaired) electrons. The third kappa shape index (κ3) is 3.20. The Bertz CT molecular complexity index is 406. The normalized spacial score (nSPS) is 15.5. The molecule has 0 heterocycles. The molecule has 0 aromatic heterocycles. The number of methoxy groups -OCH3 is 1. The highest BCUT2D eigenvalue weighted by molar-refractivity contribution is 5.29. The van der Waals surface area contributed by atoms with Gasteiger partial charge in [-0.05, 0) is 31.7 Å². The van der Waals surface area contributed by atoms with Crippen LogP contribution in [0.4, 0.5) is 17.6 Å². The fraction of sp³-hybridized carbons (Fsp3) is 0.500. The van der Waals surface area contributed by atoms with E-state index in [0.717, 1.165) is 12.1 Å². The van der Waals surface area contributed by atoms with Gasteiger partial charge in [0.1, 0.15) is 5.82 Å². The van der Waals surface area contributed by atoms with Crippen LogP contribution in [-0.4, -0.2) is 20.3 Å². The van der Waals surface area contributed by atoms with Crippen LogP contribution in [0.1, 0.15) is 24.1 Å². The molecule has 0 aliphatic rings. The molecule has 0 saturated carbocycles. The highest BCUT2D eigenvalue weighted by Gasteiger charge is 2.34. The fourth-order valence-corrected chi connectivity index (χ4v) is 1.76. The van der Waals surface area contributed by atoms with Crippen LogP contribution in [0.3, 0.4) is 0 Å². The molecule has 6 heteroatoms. The molecule has 0 spiro atoms. The minimum absolute atomic E-state index is 0.286. The SMILES string of the molecule is CNC(c1ccc(C(F)(F)F)c(F)c1)C(C)OC. The summed E-state index contributed by atoms with van der Waals surface area (Å²) in [7, 11) is 3.12. The van der Waals surface area contributed by atoms with Crippen LogP contribution in [-0.2, 0) is 10.9 Å². The van der Waals surface area contributed by atoms with Crippen molar-refractivity contribution in [2.45, 2.75) is 25.2 Å². The van der Waals surface area contributed by atoms with Gasteiger partial charge in [-0.15, -0.1) is 0 Å². The monoisotopic (exact) mass is 265 g/mol. The summed E-state index contributed by atoms with van der Waals surface area (Å²) in [6.45, 7) is 1.75. The number of benzene rings is 1. The van der Waals surface area contributed by atoms with Crippen molar-refractivity contribution in [1.29, 1.82) is 0 Å². The summed E-state index contributed by atoms with van der Waals surface area (Å²) in [5, 5.41) is 2.88. The number of halogens is 4. The molecular weight excluding hydrogens is 250 g/mol. The van der Waals surface area contributed by atoms with Crippen LogP contribution in [0.2, 0.25) is 0 Å². The third-order valence-electron chi connectivity index (χ3n) is 2.81. The predicted molar refractivity (Wildman–Crippen MR) is 59.7 cm³/mol. The summed E-state index contributed by atoms with van der Waals surface area (Å²) in [6, 6.07) is 2.52. The highest BCUT2D eigenvalue weighted by Crippen LogP contribution is 2.32. The summed E-state index contributed by atoms with van der Waals surface area (Å²) >= 11 is 0. The van der Waals surface area contributed by atoms with Gasteiger partial charge in [-0.25, -0.2) is 4.39 Å². The summed E-state index contributed by atoms with van der Waals surface area (Å²) in [6.07, 6.45) is -4.96. The maximum Gasteiger partial charge on any atom is 0.419 e. The Kier molecular flexibility index (Phi) is 4.70. The molecule has 1 aromatic rings. The number of likely N-dealkylation sites (N-methyl/N-ethyl adjacent to an activating group) is 1. The Morgan fingerprint density at radius 3 is 2.28 bits per heavy atom. The first-order chi connectivity index (χ1) is 8.31. The number of rotatable bonds is 4. The molecule has 0 bridgehead atoms. The van der Waals surface area contributed by atoms with Crippen LogP contribution in [0.5, 0.6) is 0 Å². The van der Waals surface area contributed by atoms with Gasteiger partial charge in [-0.1, -0.05) is 6.07 Å². The second-order valence-electron chi connectivity index (χ2n) is 3.94. The average molecular weight is 265 g/mol. The lowest BCUT2D eigenvalue weighted by Crippen LogP contribution is -2.29. The lowest BCUT2D eigenvalue weighted by atomic mass is 10.0. The van der Waals surface area contributed by atoms with Gasteiger partial charge in [0.15, 0.2) is 0 Å². The smallest absolute Gasteiger partial charge is 0.380 e. The van der Waals surface area contributed by atoms with Crippen molar-refractivity contribution >= 4 is 0 Å². The van der Waals surface area contributed by atoms with E-state index in [2.05, 4.69) is 5.32 Å². The first-order valence-electron chi connectivity index (χ1n) is 5.38. The lowest BCUT2D eigenvalue weighted by molar-refractivity contribution is -0.140. The largest absolute Gasteiger partial charge is 0.419 e. The Balaban J connectivity index is 3.10. The number of nitrogens with one attached hydrogen (secondary N) is 1. The molecule has 102 valence electrons. The quantitative estimate of drug-likeness (QED) is 0.844. The van der Waals surface area contributed by atoms with E-state index in [-0.39, 0.29) is 12.1 Å². The van der Waals surface area contributed by atoms with Crippen molar-refractivity contribution < 1.29 is 22.3 Å². The number of hydrogen-bond donors (Lipinski definition) is 1. The van der Waals surface area contributed by atoms with Crippen molar-refractivity contribution in [3.63, 3.8) is 0 Å². The Morgan fingerprint density at radius 1 is 1.28 bits per heavy atom. The molecule has 2 atom stereocenters. The molecule has 0 amide bonds. The second-order valence-corrected chi connectivity index (χ2v) is 3.94. The molecule has 1 rings (SSSR count). The van der Waals surface area contributed by atoms with Crippen LogP contribution < -0.4 is 5.32 Å². The van der Waals surface area contributed by atoms with E-state index in [1.54, 1.807) is 14.0 Å². The molecular formula is C12H15F4NO. The molecule has 0 fully saturated rings. The van der Waals surface area contributed by atoms with Gasteiger partial charge in [0.05, 0.1) is 17.7 Å². The minimum Gasteiger partial charge on any atom is -0.380 e. The van der Waals surface area contributed by atoms with Crippen molar-refractivity contribution in [2.75, 3.05) is 14.2 Å². The zero-order chi connectivity index (χ0) is 13.9. The molecule has 18 heavy (non-hydrogen) atoms. The summed E-state index contributed by atoms with van der Waals surface area (Å²) < 4.78 is 55.7. The number of hydrogen-bond acceptors (Lipinski definition) is 2. The molecule has 0 saturated heterocycles. The molecule has 1 N–H and O–H groups in total. The van der Waals surface area contributed by atoms with E-state index in [9.17, 15) is 17.6 Å². The molecule has 1 aromatic carbocycles. The van der Waals surface area contributed by atoms with Gasteiger partial charge >= 0.3 is 6.18 Å². The van der Waals surface area contributed by atoms with E-state index in [1.807, 2.05) is 0 Å². The number of ether oxygens (including phenoxy) is 1. The van der Waals surface area contributed by atoms with Gasteiger partial charge < -0.3 is 10.1 Å². The van der Waals surface area contributed by atoms with Crippen molar-refractivity contribution in [3.05, 3.63) is 35.1 Å². The highest BCUT2D eigenvalue weighted by atomic mass is 19.4. The Morgan fingerprint density at radius 2 is 1.89 bits per heavy atom. The summed E-state index contributed by atoms with van der Waals surface area (Å²) in [5.41, 5.74) is -0.844. The van der Waals surface area contributed by atoms with E-state index >= 15 is 0 Å². The fourth-order valence-electron chi connectivity index (χ4n) is 1.76. The zero-order valence-electron chi connectivity index (χ0n) is 10.3. The van der Waals surface area contributed by atoms with Crippen molar-refractivity contribution in [1.82, 2.24) is 5.32 Å². The maximum atomic E-state index is 13.4. The summed E-state index contributed by atoms with van der Waals surface area (Å²) in [5.74, 6) is -1.27. The number of alkyl halides is 3. The first kappa shape index (κ1) is 14.9. The summed E-state index contributed by atoms with van der Waals surface area (Å²) in [4.78, 5) is 0. The van der Waals surface area contributed by atoms with Crippen LogP contribution in [0.15, 0.2) is 18.2 Å². The van der Waals surface area contributed by atoms with Crippen molar-refractivity contribution in [3.8, 4) is 0 Å².